The van der Waals surface area contributed by atoms with E-state index in [4.69, 9.17) is 0 Å². The van der Waals surface area contributed by atoms with Gasteiger partial charge in [0.2, 0.25) is 0 Å². The summed E-state index contributed by atoms with van der Waals surface area (Å²) in [5.74, 6) is -0.396. The van der Waals surface area contributed by atoms with E-state index in [1.807, 2.05) is 52.0 Å². The Morgan fingerprint density at radius 1 is 0.633 bits per heavy atom. The molecule has 0 bridgehead atoms. The molecule has 8 heteroatoms. The van der Waals surface area contributed by atoms with Gasteiger partial charge < -0.3 is 10.6 Å². The third-order valence-electron chi connectivity index (χ3n) is 6.61. The molecule has 6 amide bonds. The van der Waals surface area contributed by atoms with Gasteiger partial charge in [0.1, 0.15) is 11.1 Å². The van der Waals surface area contributed by atoms with Crippen LogP contribution in [0.25, 0.3) is 0 Å². The minimum absolute atomic E-state index is 0.185. The lowest BCUT2D eigenvalue weighted by atomic mass is 9.93. The average Bonchev–Trinajstić information content (AvgIpc) is 3.14. The highest BCUT2D eigenvalue weighted by atomic mass is 16.2. The van der Waals surface area contributed by atoms with Gasteiger partial charge in [0.25, 0.3) is 11.8 Å². The highest BCUT2D eigenvalue weighted by Gasteiger charge is 2.49. The molecule has 0 aromatic heterocycles. The molecule has 2 fully saturated rings. The maximum atomic E-state index is 12.7. The third-order valence-corrected chi connectivity index (χ3v) is 6.61. The predicted molar refractivity (Wildman–Crippen MR) is 111 cm³/mol. The molecule has 2 aliphatic rings. The van der Waals surface area contributed by atoms with Gasteiger partial charge in [-0.05, 0) is 36.8 Å². The van der Waals surface area contributed by atoms with E-state index >= 15 is 0 Å². The Hall–Kier alpha value is -2.90. The second-order valence-electron chi connectivity index (χ2n) is 8.04. The molecular formula is C22H30N4O4. The van der Waals surface area contributed by atoms with E-state index in [0.717, 1.165) is 11.1 Å². The van der Waals surface area contributed by atoms with Gasteiger partial charge in [-0.2, -0.15) is 0 Å². The topological polar surface area (TPSA) is 98.8 Å². The Balaban J connectivity index is 1.69. The van der Waals surface area contributed by atoms with Gasteiger partial charge in [-0.1, -0.05) is 52.0 Å². The molecule has 1 aromatic carbocycles. The largest absolute Gasteiger partial charge is 0.325 e. The van der Waals surface area contributed by atoms with Gasteiger partial charge in [-0.25, -0.2) is 9.59 Å². The normalized spacial score (nSPS) is 20.0. The summed E-state index contributed by atoms with van der Waals surface area (Å²) in [4.78, 5) is 52.6. The third kappa shape index (κ3) is 3.44. The van der Waals surface area contributed by atoms with Crippen LogP contribution in [-0.2, 0) is 22.7 Å². The van der Waals surface area contributed by atoms with Gasteiger partial charge in [-0.3, -0.25) is 19.4 Å². The maximum Gasteiger partial charge on any atom is 0.325 e. The van der Waals surface area contributed by atoms with Crippen LogP contribution in [0.5, 0.6) is 0 Å². The smallest absolute Gasteiger partial charge is 0.323 e. The molecule has 1 aromatic rings. The molecular weight excluding hydrogens is 384 g/mol. The summed E-state index contributed by atoms with van der Waals surface area (Å²) < 4.78 is 0. The first-order valence-corrected chi connectivity index (χ1v) is 10.6. The van der Waals surface area contributed by atoms with Crippen molar-refractivity contribution in [2.75, 3.05) is 0 Å². The number of nitrogens with zero attached hydrogens (tertiary/aromatic N) is 2. The lowest BCUT2D eigenvalue weighted by molar-refractivity contribution is -0.132. The fourth-order valence-electron chi connectivity index (χ4n) is 4.21. The monoisotopic (exact) mass is 414 g/mol. The Morgan fingerprint density at radius 2 is 0.933 bits per heavy atom. The predicted octanol–water partition coefficient (Wildman–Crippen LogP) is 2.91. The Labute approximate surface area is 177 Å². The Bertz CT molecular complexity index is 785. The van der Waals surface area contributed by atoms with Crippen molar-refractivity contribution in [3.8, 4) is 0 Å². The molecule has 0 spiro atoms. The zero-order valence-corrected chi connectivity index (χ0v) is 18.1. The van der Waals surface area contributed by atoms with Crippen molar-refractivity contribution in [3.63, 3.8) is 0 Å². The van der Waals surface area contributed by atoms with E-state index < -0.39 is 11.1 Å². The number of carbonyl (C=O) groups is 4. The quantitative estimate of drug-likeness (QED) is 0.639. The molecule has 2 N–H and O–H groups in total. The van der Waals surface area contributed by atoms with Gasteiger partial charge in [0.15, 0.2) is 0 Å². The summed E-state index contributed by atoms with van der Waals surface area (Å²) in [5.41, 5.74) is -0.0188. The summed E-state index contributed by atoms with van der Waals surface area (Å²) >= 11 is 0. The first kappa shape index (κ1) is 21.8. The van der Waals surface area contributed by atoms with E-state index in [1.54, 1.807) is 0 Å². The molecule has 0 aliphatic carbocycles. The highest BCUT2D eigenvalue weighted by molar-refractivity contribution is 6.07. The molecule has 3 rings (SSSR count). The first-order chi connectivity index (χ1) is 14.3. The number of nitrogens with one attached hydrogen (secondary N) is 2. The number of hydrogen-bond donors (Lipinski definition) is 2. The molecule has 2 aliphatic heterocycles. The van der Waals surface area contributed by atoms with E-state index in [-0.39, 0.29) is 37.0 Å². The van der Waals surface area contributed by atoms with Crippen molar-refractivity contribution < 1.29 is 19.2 Å². The van der Waals surface area contributed by atoms with Crippen LogP contribution in [0.2, 0.25) is 0 Å². The minimum atomic E-state index is -0.814. The average molecular weight is 415 g/mol. The zero-order chi connectivity index (χ0) is 22.1. The van der Waals surface area contributed by atoms with Crippen LogP contribution in [0.4, 0.5) is 9.59 Å². The number of rotatable bonds is 8. The summed E-state index contributed by atoms with van der Waals surface area (Å²) in [6.45, 7) is 7.93. The van der Waals surface area contributed by atoms with Crippen LogP contribution in [-0.4, -0.2) is 44.8 Å². The van der Waals surface area contributed by atoms with Crippen LogP contribution in [0.15, 0.2) is 24.3 Å². The van der Waals surface area contributed by atoms with Crippen molar-refractivity contribution in [1.82, 2.24) is 20.4 Å². The molecule has 0 radical (unpaired) electrons. The summed E-state index contributed by atoms with van der Waals surface area (Å²) in [7, 11) is 0. The highest BCUT2D eigenvalue weighted by Crippen LogP contribution is 2.28. The fraction of sp³-hybridized carbons (Fsp3) is 0.545. The number of imide groups is 2. The van der Waals surface area contributed by atoms with E-state index in [2.05, 4.69) is 10.6 Å². The molecule has 162 valence electrons. The van der Waals surface area contributed by atoms with Crippen LogP contribution in [0.3, 0.4) is 0 Å². The molecule has 0 unspecified atom stereocenters. The molecule has 2 saturated heterocycles. The second kappa shape index (κ2) is 8.08. The van der Waals surface area contributed by atoms with Gasteiger partial charge in [0, 0.05) is 0 Å². The van der Waals surface area contributed by atoms with E-state index in [0.29, 0.717) is 25.7 Å². The van der Waals surface area contributed by atoms with Crippen molar-refractivity contribution in [1.29, 1.82) is 0 Å². The van der Waals surface area contributed by atoms with Crippen LogP contribution >= 0.6 is 0 Å². The molecule has 2 heterocycles. The number of urea groups is 2. The molecule has 0 saturated carbocycles. The second-order valence-corrected chi connectivity index (χ2v) is 8.04. The van der Waals surface area contributed by atoms with Crippen LogP contribution in [0, 0.1) is 0 Å². The van der Waals surface area contributed by atoms with Gasteiger partial charge >= 0.3 is 12.1 Å². The summed E-state index contributed by atoms with van der Waals surface area (Å²) in [6, 6.07) is 6.53. The Kier molecular flexibility index (Phi) is 5.87. The molecule has 30 heavy (non-hydrogen) atoms. The Morgan fingerprint density at radius 3 is 1.17 bits per heavy atom. The first-order valence-electron chi connectivity index (χ1n) is 10.6. The zero-order valence-electron chi connectivity index (χ0n) is 18.1. The number of amides is 6. The number of carbonyl (C=O) groups excluding carboxylic acids is 4. The van der Waals surface area contributed by atoms with Crippen LogP contribution < -0.4 is 10.6 Å². The van der Waals surface area contributed by atoms with Gasteiger partial charge in [-0.15, -0.1) is 0 Å². The lowest BCUT2D eigenvalue weighted by Gasteiger charge is -2.23. The van der Waals surface area contributed by atoms with Crippen LogP contribution in [0.1, 0.15) is 64.5 Å². The van der Waals surface area contributed by atoms with Crippen molar-refractivity contribution in [3.05, 3.63) is 35.4 Å². The van der Waals surface area contributed by atoms with E-state index in [1.165, 1.54) is 9.80 Å². The summed E-state index contributed by atoms with van der Waals surface area (Å²) in [6.07, 6.45) is 2.19. The minimum Gasteiger partial charge on any atom is -0.323 e. The SMILES string of the molecule is CCC1(CC)NC(=O)N(Cc2ccc(CN3C(=O)NC(CC)(CC)C3=O)cc2)C1=O. The van der Waals surface area contributed by atoms with Crippen molar-refractivity contribution >= 4 is 23.9 Å². The van der Waals surface area contributed by atoms with E-state index in [9.17, 15) is 19.2 Å². The summed E-state index contributed by atoms with van der Waals surface area (Å²) in [5, 5.41) is 5.65. The molecule has 8 nitrogen and oxygen atoms in total. The fourth-order valence-corrected chi connectivity index (χ4v) is 4.21. The van der Waals surface area contributed by atoms with Crippen molar-refractivity contribution in [2.24, 2.45) is 0 Å². The number of benzene rings is 1. The van der Waals surface area contributed by atoms with Gasteiger partial charge in [0.05, 0.1) is 13.1 Å². The lowest BCUT2D eigenvalue weighted by Crippen LogP contribution is -2.45. The standard InChI is InChI=1S/C22H30N4O4/c1-5-21(6-2)17(27)25(19(29)23-21)13-15-9-11-16(12-10-15)14-26-18(28)22(7-3,8-4)24-20(26)30/h9-12H,5-8,13-14H2,1-4H3,(H,23,29)(H,24,30). The number of hydrogen-bond acceptors (Lipinski definition) is 4. The molecule has 0 atom stereocenters. The van der Waals surface area contributed by atoms with Crippen molar-refractivity contribution in [2.45, 2.75) is 77.5 Å². The maximum absolute atomic E-state index is 12.7.